The van der Waals surface area contributed by atoms with E-state index in [2.05, 4.69) is 15.2 Å². The van der Waals surface area contributed by atoms with E-state index in [0.29, 0.717) is 13.2 Å². The maximum atomic E-state index is 11.9. The minimum atomic E-state index is -0.192. The zero-order valence-electron chi connectivity index (χ0n) is 10.8. The van der Waals surface area contributed by atoms with Gasteiger partial charge in [0, 0.05) is 30.7 Å². The predicted octanol–water partition coefficient (Wildman–Crippen LogP) is 0.788. The van der Waals surface area contributed by atoms with Crippen LogP contribution in [0.4, 0.5) is 0 Å². The minimum absolute atomic E-state index is 0.141. The van der Waals surface area contributed by atoms with Crippen molar-refractivity contribution in [1.29, 1.82) is 0 Å². The fourth-order valence-electron chi connectivity index (χ4n) is 2.06. The molecule has 1 aliphatic rings. The number of thiazole rings is 1. The molecular weight excluding hydrogens is 250 g/mol. The molecule has 0 spiro atoms. The molecule has 2 heterocycles. The molecule has 0 aromatic carbocycles. The van der Waals surface area contributed by atoms with Crippen molar-refractivity contribution in [2.45, 2.75) is 26.4 Å². The van der Waals surface area contributed by atoms with E-state index in [0.717, 1.165) is 30.3 Å². The highest BCUT2D eigenvalue weighted by Crippen LogP contribution is 2.15. The van der Waals surface area contributed by atoms with Gasteiger partial charge in [0.25, 0.3) is 0 Å². The first-order chi connectivity index (χ1) is 8.70. The molecule has 6 heteroatoms. The average molecular weight is 269 g/mol. The summed E-state index contributed by atoms with van der Waals surface area (Å²) in [5.74, 6) is -0.141. The Kier molecular flexibility index (Phi) is 4.68. The number of rotatable bonds is 4. The van der Waals surface area contributed by atoms with Crippen molar-refractivity contribution >= 4 is 17.3 Å². The lowest BCUT2D eigenvalue weighted by atomic mass is 10.2. The van der Waals surface area contributed by atoms with Gasteiger partial charge in [0.1, 0.15) is 11.0 Å². The maximum Gasteiger partial charge on any atom is 0.324 e. The van der Waals surface area contributed by atoms with Crippen LogP contribution >= 0.6 is 11.3 Å². The van der Waals surface area contributed by atoms with E-state index in [-0.39, 0.29) is 12.0 Å². The van der Waals surface area contributed by atoms with E-state index in [9.17, 15) is 4.79 Å². The molecule has 18 heavy (non-hydrogen) atoms. The SMILES string of the molecule is CCOC(=O)C1CNCCN1Cc1nc(C)cs1. The fourth-order valence-corrected chi connectivity index (χ4v) is 2.85. The summed E-state index contributed by atoms with van der Waals surface area (Å²) in [7, 11) is 0. The summed E-state index contributed by atoms with van der Waals surface area (Å²) in [6.07, 6.45) is 0. The summed E-state index contributed by atoms with van der Waals surface area (Å²) in [6.45, 7) is 7.39. The lowest BCUT2D eigenvalue weighted by Gasteiger charge is -2.33. The Bertz CT molecular complexity index is 408. The van der Waals surface area contributed by atoms with Crippen LogP contribution in [0.2, 0.25) is 0 Å². The first kappa shape index (κ1) is 13.5. The Morgan fingerprint density at radius 1 is 1.72 bits per heavy atom. The summed E-state index contributed by atoms with van der Waals surface area (Å²) in [5, 5.41) is 6.33. The van der Waals surface area contributed by atoms with Crippen LogP contribution < -0.4 is 5.32 Å². The van der Waals surface area contributed by atoms with Crippen molar-refractivity contribution in [2.75, 3.05) is 26.2 Å². The second-order valence-electron chi connectivity index (χ2n) is 4.33. The van der Waals surface area contributed by atoms with E-state index in [1.807, 2.05) is 19.2 Å². The third kappa shape index (κ3) is 3.28. The molecule has 1 fully saturated rings. The number of ether oxygens (including phenoxy) is 1. The minimum Gasteiger partial charge on any atom is -0.465 e. The first-order valence-electron chi connectivity index (χ1n) is 6.23. The number of hydrogen-bond acceptors (Lipinski definition) is 6. The Balaban J connectivity index is 2.01. The summed E-state index contributed by atoms with van der Waals surface area (Å²) >= 11 is 1.64. The number of carbonyl (C=O) groups is 1. The number of piperazine rings is 1. The molecule has 1 aliphatic heterocycles. The van der Waals surface area contributed by atoms with E-state index in [4.69, 9.17) is 4.74 Å². The van der Waals surface area contributed by atoms with Crippen molar-refractivity contribution in [3.8, 4) is 0 Å². The molecule has 0 bridgehead atoms. The second kappa shape index (κ2) is 6.26. The first-order valence-corrected chi connectivity index (χ1v) is 7.11. The fraction of sp³-hybridized carbons (Fsp3) is 0.667. The van der Waals surface area contributed by atoms with Gasteiger partial charge in [0.05, 0.1) is 13.2 Å². The normalized spacial score (nSPS) is 20.9. The predicted molar refractivity (Wildman–Crippen MR) is 70.6 cm³/mol. The van der Waals surface area contributed by atoms with Crippen LogP contribution in [-0.4, -0.2) is 48.1 Å². The van der Waals surface area contributed by atoms with Crippen LogP contribution in [0.15, 0.2) is 5.38 Å². The number of aromatic nitrogens is 1. The largest absolute Gasteiger partial charge is 0.465 e. The van der Waals surface area contributed by atoms with Crippen molar-refractivity contribution in [3.63, 3.8) is 0 Å². The number of esters is 1. The number of nitrogens with zero attached hydrogens (tertiary/aromatic N) is 2. The second-order valence-corrected chi connectivity index (χ2v) is 5.27. The summed E-state index contributed by atoms with van der Waals surface area (Å²) < 4.78 is 5.12. The zero-order valence-corrected chi connectivity index (χ0v) is 11.6. The molecule has 2 rings (SSSR count). The molecule has 1 N–H and O–H groups in total. The third-order valence-electron chi connectivity index (χ3n) is 2.92. The van der Waals surface area contributed by atoms with Gasteiger partial charge in [-0.3, -0.25) is 9.69 Å². The molecular formula is C12H19N3O2S. The lowest BCUT2D eigenvalue weighted by Crippen LogP contribution is -2.54. The van der Waals surface area contributed by atoms with Crippen molar-refractivity contribution < 1.29 is 9.53 Å². The van der Waals surface area contributed by atoms with Crippen molar-refractivity contribution in [1.82, 2.24) is 15.2 Å². The van der Waals surface area contributed by atoms with Gasteiger partial charge in [-0.05, 0) is 13.8 Å². The van der Waals surface area contributed by atoms with Crippen LogP contribution in [-0.2, 0) is 16.1 Å². The van der Waals surface area contributed by atoms with Gasteiger partial charge in [-0.25, -0.2) is 4.98 Å². The molecule has 1 aromatic rings. The highest BCUT2D eigenvalue weighted by molar-refractivity contribution is 7.09. The maximum absolute atomic E-state index is 11.9. The molecule has 0 aliphatic carbocycles. The van der Waals surface area contributed by atoms with Gasteiger partial charge in [-0.1, -0.05) is 0 Å². The van der Waals surface area contributed by atoms with Crippen LogP contribution in [0, 0.1) is 6.92 Å². The van der Waals surface area contributed by atoms with Crippen LogP contribution in [0.5, 0.6) is 0 Å². The summed E-state index contributed by atoms with van der Waals surface area (Å²) in [6, 6.07) is -0.192. The monoisotopic (exact) mass is 269 g/mol. The molecule has 1 unspecified atom stereocenters. The Morgan fingerprint density at radius 3 is 3.22 bits per heavy atom. The third-order valence-corrected chi connectivity index (χ3v) is 3.87. The van der Waals surface area contributed by atoms with Crippen molar-refractivity contribution in [2.24, 2.45) is 0 Å². The quantitative estimate of drug-likeness (QED) is 0.819. The Morgan fingerprint density at radius 2 is 2.56 bits per heavy atom. The Hall–Kier alpha value is -0.980. The van der Waals surface area contributed by atoms with E-state index in [1.54, 1.807) is 11.3 Å². The van der Waals surface area contributed by atoms with Gasteiger partial charge in [-0.2, -0.15) is 0 Å². The number of nitrogens with one attached hydrogen (secondary N) is 1. The van der Waals surface area contributed by atoms with Crippen LogP contribution in [0.3, 0.4) is 0 Å². The van der Waals surface area contributed by atoms with Gasteiger partial charge in [0.15, 0.2) is 0 Å². The number of carbonyl (C=O) groups excluding carboxylic acids is 1. The lowest BCUT2D eigenvalue weighted by molar-refractivity contribution is -0.150. The molecule has 1 aromatic heterocycles. The summed E-state index contributed by atoms with van der Waals surface area (Å²) in [4.78, 5) is 18.5. The molecule has 0 saturated carbocycles. The van der Waals surface area contributed by atoms with Gasteiger partial charge in [-0.15, -0.1) is 11.3 Å². The van der Waals surface area contributed by atoms with Gasteiger partial charge in [0.2, 0.25) is 0 Å². The molecule has 0 amide bonds. The number of hydrogen-bond donors (Lipinski definition) is 1. The smallest absolute Gasteiger partial charge is 0.324 e. The average Bonchev–Trinajstić information content (AvgIpc) is 2.76. The summed E-state index contributed by atoms with van der Waals surface area (Å²) in [5.41, 5.74) is 1.04. The van der Waals surface area contributed by atoms with E-state index in [1.165, 1.54) is 0 Å². The zero-order chi connectivity index (χ0) is 13.0. The molecule has 1 saturated heterocycles. The molecule has 100 valence electrons. The highest BCUT2D eigenvalue weighted by atomic mass is 32.1. The number of aryl methyl sites for hydroxylation is 1. The highest BCUT2D eigenvalue weighted by Gasteiger charge is 2.30. The van der Waals surface area contributed by atoms with Crippen LogP contribution in [0.1, 0.15) is 17.6 Å². The Labute approximate surface area is 111 Å². The van der Waals surface area contributed by atoms with E-state index >= 15 is 0 Å². The standard InChI is InChI=1S/C12H19N3O2S/c1-3-17-12(16)10-6-13-4-5-15(10)7-11-14-9(2)8-18-11/h8,10,13H,3-7H2,1-2H3. The van der Waals surface area contributed by atoms with E-state index < -0.39 is 0 Å². The van der Waals surface area contributed by atoms with Gasteiger partial charge >= 0.3 is 5.97 Å². The van der Waals surface area contributed by atoms with Crippen molar-refractivity contribution in [3.05, 3.63) is 16.1 Å². The van der Waals surface area contributed by atoms with Gasteiger partial charge < -0.3 is 10.1 Å². The van der Waals surface area contributed by atoms with Crippen LogP contribution in [0.25, 0.3) is 0 Å². The topological polar surface area (TPSA) is 54.5 Å². The molecule has 1 atom stereocenters. The molecule has 5 nitrogen and oxygen atoms in total. The molecule has 0 radical (unpaired) electrons.